The number of aromatic nitrogens is 2. The quantitative estimate of drug-likeness (QED) is 0.814. The van der Waals surface area contributed by atoms with Crippen LogP contribution in [0.5, 0.6) is 0 Å². The van der Waals surface area contributed by atoms with Gasteiger partial charge in [0.25, 0.3) is 0 Å². The summed E-state index contributed by atoms with van der Waals surface area (Å²) < 4.78 is 0.919. The first-order chi connectivity index (χ1) is 6.27. The first-order valence-electron chi connectivity index (χ1n) is 4.76. The monoisotopic (exact) mass is 260 g/mol. The van der Waals surface area contributed by atoms with E-state index in [4.69, 9.17) is 0 Å². The van der Waals surface area contributed by atoms with Gasteiger partial charge in [0.1, 0.15) is 5.01 Å². The van der Waals surface area contributed by atoms with E-state index in [-0.39, 0.29) is 0 Å². The lowest BCUT2D eigenvalue weighted by Crippen LogP contribution is -2.20. The fraction of sp³-hybridized carbons (Fsp3) is 0.778. The van der Waals surface area contributed by atoms with Crippen LogP contribution in [0.4, 0.5) is 0 Å². The van der Waals surface area contributed by atoms with Crippen LogP contribution in [0.3, 0.4) is 0 Å². The van der Waals surface area contributed by atoms with Crippen molar-refractivity contribution in [1.29, 1.82) is 0 Å². The molecule has 0 aliphatic heterocycles. The number of halogens is 1. The normalized spacial score (nSPS) is 20.8. The molecular formula is C9H13BrN2S. The molecule has 0 unspecified atom stereocenters. The minimum absolute atomic E-state index is 0.365. The van der Waals surface area contributed by atoms with Crippen LogP contribution in [0.1, 0.15) is 44.0 Å². The van der Waals surface area contributed by atoms with Gasteiger partial charge in [-0.05, 0) is 35.2 Å². The highest BCUT2D eigenvalue weighted by Crippen LogP contribution is 2.45. The molecule has 0 spiro atoms. The molecule has 0 aromatic carbocycles. The van der Waals surface area contributed by atoms with Gasteiger partial charge in [0.15, 0.2) is 3.92 Å². The van der Waals surface area contributed by atoms with E-state index in [9.17, 15) is 0 Å². The van der Waals surface area contributed by atoms with E-state index in [0.29, 0.717) is 5.41 Å². The molecule has 1 aromatic rings. The zero-order valence-corrected chi connectivity index (χ0v) is 10.1. The van der Waals surface area contributed by atoms with Gasteiger partial charge in [-0.1, -0.05) is 31.1 Å². The van der Waals surface area contributed by atoms with Crippen LogP contribution < -0.4 is 0 Å². The number of rotatable bonds is 2. The molecule has 0 radical (unpaired) electrons. The summed E-state index contributed by atoms with van der Waals surface area (Å²) >= 11 is 5.08. The van der Waals surface area contributed by atoms with Gasteiger partial charge in [-0.25, -0.2) is 0 Å². The van der Waals surface area contributed by atoms with Crippen molar-refractivity contribution < 1.29 is 0 Å². The van der Waals surface area contributed by atoms with Gasteiger partial charge < -0.3 is 0 Å². The van der Waals surface area contributed by atoms with Crippen LogP contribution in [0.2, 0.25) is 0 Å². The predicted octanol–water partition coefficient (Wildman–Crippen LogP) is 3.52. The summed E-state index contributed by atoms with van der Waals surface area (Å²) in [5.41, 5.74) is 0.365. The van der Waals surface area contributed by atoms with Crippen LogP contribution in [0, 0.1) is 0 Å². The minimum Gasteiger partial charge on any atom is -0.142 e. The number of hydrogen-bond donors (Lipinski definition) is 0. The SMILES string of the molecule is CCC1(c2nnc(Br)s2)CCCC1. The fourth-order valence-corrected chi connectivity index (χ4v) is 3.62. The minimum atomic E-state index is 0.365. The molecule has 2 nitrogen and oxygen atoms in total. The third kappa shape index (κ3) is 1.66. The molecule has 1 aliphatic carbocycles. The summed E-state index contributed by atoms with van der Waals surface area (Å²) in [7, 11) is 0. The molecule has 1 saturated carbocycles. The molecule has 4 heteroatoms. The van der Waals surface area contributed by atoms with Gasteiger partial charge in [-0.2, -0.15) is 0 Å². The zero-order chi connectivity index (χ0) is 9.31. The second-order valence-corrected chi connectivity index (χ2v) is 5.95. The van der Waals surface area contributed by atoms with E-state index >= 15 is 0 Å². The molecule has 0 amide bonds. The van der Waals surface area contributed by atoms with E-state index in [2.05, 4.69) is 33.1 Å². The summed E-state index contributed by atoms with van der Waals surface area (Å²) in [4.78, 5) is 0. The standard InChI is InChI=1S/C9H13BrN2S/c1-2-9(5-3-4-6-9)7-11-12-8(10)13-7/h2-6H2,1H3. The Labute approximate surface area is 90.9 Å². The predicted molar refractivity (Wildman–Crippen MR) is 58.0 cm³/mol. The molecule has 0 saturated heterocycles. The first-order valence-corrected chi connectivity index (χ1v) is 6.37. The van der Waals surface area contributed by atoms with E-state index in [1.54, 1.807) is 11.3 Å². The van der Waals surface area contributed by atoms with Gasteiger partial charge in [0, 0.05) is 5.41 Å². The highest BCUT2D eigenvalue weighted by Gasteiger charge is 2.36. The Balaban J connectivity index is 2.30. The van der Waals surface area contributed by atoms with Crippen LogP contribution in [-0.4, -0.2) is 10.2 Å². The first kappa shape index (κ1) is 9.59. The lowest BCUT2D eigenvalue weighted by molar-refractivity contribution is 0.419. The highest BCUT2D eigenvalue weighted by atomic mass is 79.9. The molecule has 1 aliphatic rings. The van der Waals surface area contributed by atoms with Crippen molar-refractivity contribution in [3.05, 3.63) is 8.92 Å². The largest absolute Gasteiger partial charge is 0.183 e. The van der Waals surface area contributed by atoms with Gasteiger partial charge in [0.05, 0.1) is 0 Å². The van der Waals surface area contributed by atoms with Crippen molar-refractivity contribution in [2.24, 2.45) is 0 Å². The molecular weight excluding hydrogens is 248 g/mol. The van der Waals surface area contributed by atoms with Crippen molar-refractivity contribution in [3.63, 3.8) is 0 Å². The Hall–Kier alpha value is 0.0400. The summed E-state index contributed by atoms with van der Waals surface area (Å²) in [6, 6.07) is 0. The van der Waals surface area contributed by atoms with Gasteiger partial charge >= 0.3 is 0 Å². The van der Waals surface area contributed by atoms with Crippen LogP contribution in [-0.2, 0) is 5.41 Å². The van der Waals surface area contributed by atoms with Gasteiger partial charge in [0.2, 0.25) is 0 Å². The zero-order valence-electron chi connectivity index (χ0n) is 7.72. The van der Waals surface area contributed by atoms with Gasteiger partial charge in [-0.15, -0.1) is 10.2 Å². The van der Waals surface area contributed by atoms with Crippen molar-refractivity contribution in [2.45, 2.75) is 44.4 Å². The van der Waals surface area contributed by atoms with Crippen molar-refractivity contribution in [2.75, 3.05) is 0 Å². The third-order valence-corrected chi connectivity index (χ3v) is 4.69. The smallest absolute Gasteiger partial charge is 0.142 e. The Morgan fingerprint density at radius 2 is 2.08 bits per heavy atom. The van der Waals surface area contributed by atoms with Crippen LogP contribution in [0.15, 0.2) is 3.92 Å². The second kappa shape index (κ2) is 3.65. The van der Waals surface area contributed by atoms with E-state index < -0.39 is 0 Å². The van der Waals surface area contributed by atoms with Crippen molar-refractivity contribution in [3.8, 4) is 0 Å². The summed E-state index contributed by atoms with van der Waals surface area (Å²) in [5, 5.41) is 9.54. The molecule has 0 atom stereocenters. The molecule has 0 bridgehead atoms. The average Bonchev–Trinajstić information content (AvgIpc) is 2.73. The van der Waals surface area contributed by atoms with Gasteiger partial charge in [-0.3, -0.25) is 0 Å². The summed E-state index contributed by atoms with van der Waals surface area (Å²) in [5.74, 6) is 0. The molecule has 72 valence electrons. The molecule has 1 fully saturated rings. The maximum atomic E-state index is 4.26. The topological polar surface area (TPSA) is 25.8 Å². The Bertz CT molecular complexity index is 292. The molecule has 13 heavy (non-hydrogen) atoms. The highest BCUT2D eigenvalue weighted by molar-refractivity contribution is 9.11. The maximum absolute atomic E-state index is 4.26. The lowest BCUT2D eigenvalue weighted by atomic mass is 9.84. The van der Waals surface area contributed by atoms with E-state index in [0.717, 1.165) is 3.92 Å². The van der Waals surface area contributed by atoms with Crippen LogP contribution in [0.25, 0.3) is 0 Å². The second-order valence-electron chi connectivity index (χ2n) is 3.70. The molecule has 1 aromatic heterocycles. The van der Waals surface area contributed by atoms with E-state index in [1.807, 2.05) is 0 Å². The third-order valence-electron chi connectivity index (χ3n) is 3.09. The lowest BCUT2D eigenvalue weighted by Gasteiger charge is -2.23. The Morgan fingerprint density at radius 3 is 2.54 bits per heavy atom. The molecule has 1 heterocycles. The fourth-order valence-electron chi connectivity index (χ4n) is 2.19. The summed E-state index contributed by atoms with van der Waals surface area (Å²) in [6.45, 7) is 2.26. The van der Waals surface area contributed by atoms with Crippen molar-refractivity contribution >= 4 is 27.3 Å². The van der Waals surface area contributed by atoms with E-state index in [1.165, 1.54) is 37.1 Å². The summed E-state index contributed by atoms with van der Waals surface area (Å²) in [6.07, 6.45) is 6.50. The Morgan fingerprint density at radius 1 is 1.38 bits per heavy atom. The van der Waals surface area contributed by atoms with Crippen molar-refractivity contribution in [1.82, 2.24) is 10.2 Å². The number of hydrogen-bond acceptors (Lipinski definition) is 3. The van der Waals surface area contributed by atoms with Crippen LogP contribution >= 0.6 is 27.3 Å². The average molecular weight is 261 g/mol. The number of nitrogens with zero attached hydrogens (tertiary/aromatic N) is 2. The molecule has 0 N–H and O–H groups in total. The maximum Gasteiger partial charge on any atom is 0.183 e. The Kier molecular flexibility index (Phi) is 2.70. The molecule has 2 rings (SSSR count).